The van der Waals surface area contributed by atoms with Gasteiger partial charge in [-0.2, -0.15) is 0 Å². The topological polar surface area (TPSA) is 91.2 Å². The Kier molecular flexibility index (Phi) is 17.6. The third-order valence-corrected chi connectivity index (χ3v) is 14.3. The van der Waals surface area contributed by atoms with Crippen LogP contribution >= 0.6 is 15.9 Å². The van der Waals surface area contributed by atoms with Gasteiger partial charge in [0.05, 0.1) is 28.3 Å². The van der Waals surface area contributed by atoms with Gasteiger partial charge >= 0.3 is 21.2 Å². The van der Waals surface area contributed by atoms with E-state index in [0.29, 0.717) is 0 Å². The Bertz CT molecular complexity index is 2340. The van der Waals surface area contributed by atoms with Gasteiger partial charge in [0.2, 0.25) is 0 Å². The van der Waals surface area contributed by atoms with Crippen LogP contribution in [0.25, 0.3) is 28.1 Å². The van der Waals surface area contributed by atoms with Crippen LogP contribution in [0, 0.1) is 0 Å². The SMILES string of the molecule is CB(O)N1CC=C(B2OC(C)(C)C(C)(C)O2)CC1.CB(O)N1CC=C(c2cccc(-c3cc(C(C)(C)C)cc(C(C)(C)C)c3)n2)CC1.CC(C)(C)c1cc(-c2cccc(Br)n2)cc(C(C)(C)C)c1. The van der Waals surface area contributed by atoms with Crippen LogP contribution in [0.5, 0.6) is 0 Å². The number of nitrogens with zero attached hydrogens (tertiary/aromatic N) is 4. The van der Waals surface area contributed by atoms with Gasteiger partial charge < -0.3 is 29.0 Å². The van der Waals surface area contributed by atoms with Crippen LogP contribution in [0.3, 0.4) is 0 Å². The highest BCUT2D eigenvalue weighted by Crippen LogP contribution is 2.40. The van der Waals surface area contributed by atoms with Gasteiger partial charge in [-0.25, -0.2) is 9.97 Å². The van der Waals surface area contributed by atoms with Gasteiger partial charge in [0, 0.05) is 24.2 Å². The molecule has 8 nitrogen and oxygen atoms in total. The minimum atomic E-state index is -0.400. The number of hydrogen-bond acceptors (Lipinski definition) is 8. The number of aromatic nitrogens is 2. The molecule has 0 spiro atoms. The summed E-state index contributed by atoms with van der Waals surface area (Å²) < 4.78 is 12.9. The molecule has 12 heteroatoms. The van der Waals surface area contributed by atoms with Gasteiger partial charge in [-0.15, -0.1) is 0 Å². The van der Waals surface area contributed by atoms with Crippen molar-refractivity contribution >= 4 is 42.7 Å². The Labute approximate surface area is 421 Å². The van der Waals surface area contributed by atoms with E-state index < -0.39 is 7.05 Å². The van der Waals surface area contributed by atoms with Gasteiger partial charge in [0.15, 0.2) is 0 Å². The summed E-state index contributed by atoms with van der Waals surface area (Å²) in [4.78, 5) is 13.7. The fourth-order valence-corrected chi connectivity index (χ4v) is 8.48. The zero-order valence-corrected chi connectivity index (χ0v) is 46.5. The molecule has 3 aliphatic heterocycles. The second kappa shape index (κ2) is 21.6. The molecule has 1 fully saturated rings. The number of rotatable bonds is 6. The molecule has 3 aliphatic rings. The van der Waals surface area contributed by atoms with E-state index in [1.165, 1.54) is 44.4 Å². The first-order valence-electron chi connectivity index (χ1n) is 24.8. The van der Waals surface area contributed by atoms with E-state index in [0.717, 1.165) is 60.7 Å². The molecule has 4 aromatic rings. The molecular formula is C56H82B3BrN4O4. The van der Waals surface area contributed by atoms with E-state index in [1.54, 1.807) is 6.82 Å². The summed E-state index contributed by atoms with van der Waals surface area (Å²) >= 11 is 3.46. The van der Waals surface area contributed by atoms with E-state index in [1.807, 2.05) is 23.8 Å². The smallest absolute Gasteiger partial charge is 0.437 e. The molecule has 2 aromatic heterocycles. The van der Waals surface area contributed by atoms with Crippen molar-refractivity contribution in [3.05, 3.63) is 123 Å². The molecule has 0 atom stereocenters. The summed E-state index contributed by atoms with van der Waals surface area (Å²) in [7, 11) is -1.02. The second-order valence-electron chi connectivity index (χ2n) is 24.2. The molecule has 7 rings (SSSR count). The Hall–Kier alpha value is -3.35. The lowest BCUT2D eigenvalue weighted by atomic mass is 9.72. The number of halogens is 1. The van der Waals surface area contributed by atoms with E-state index in [2.05, 4.69) is 209 Å². The lowest BCUT2D eigenvalue weighted by Crippen LogP contribution is -2.41. The molecule has 366 valence electrons. The van der Waals surface area contributed by atoms with Crippen LogP contribution in [0.1, 0.15) is 152 Å². The number of benzene rings is 2. The Morgan fingerprint density at radius 2 is 0.941 bits per heavy atom. The van der Waals surface area contributed by atoms with Crippen LogP contribution < -0.4 is 0 Å². The molecule has 0 radical (unpaired) electrons. The first-order chi connectivity index (χ1) is 31.2. The van der Waals surface area contributed by atoms with Crippen molar-refractivity contribution < 1.29 is 19.4 Å². The van der Waals surface area contributed by atoms with Crippen molar-refractivity contribution in [1.29, 1.82) is 0 Å². The monoisotopic (exact) mass is 987 g/mol. The molecule has 5 heterocycles. The lowest BCUT2D eigenvalue weighted by molar-refractivity contribution is 0.00578. The predicted molar refractivity (Wildman–Crippen MR) is 294 cm³/mol. The van der Waals surface area contributed by atoms with E-state index in [4.69, 9.17) is 14.3 Å². The summed E-state index contributed by atoms with van der Waals surface area (Å²) in [5.74, 6) is 0. The van der Waals surface area contributed by atoms with E-state index >= 15 is 0 Å². The molecule has 0 aliphatic carbocycles. The van der Waals surface area contributed by atoms with Gasteiger partial charge in [-0.1, -0.05) is 120 Å². The zero-order chi connectivity index (χ0) is 50.8. The molecule has 0 bridgehead atoms. The zero-order valence-electron chi connectivity index (χ0n) is 44.9. The summed E-state index contributed by atoms with van der Waals surface area (Å²) in [6.07, 6.45) is 6.13. The number of pyridine rings is 2. The molecule has 0 unspecified atom stereocenters. The molecule has 0 saturated carbocycles. The summed E-state index contributed by atoms with van der Waals surface area (Å²) in [5.41, 5.74) is 13.2. The maximum Gasteiger partial charge on any atom is 0.490 e. The molecule has 2 aromatic carbocycles. The fourth-order valence-electron chi connectivity index (χ4n) is 8.13. The maximum atomic E-state index is 9.79. The lowest BCUT2D eigenvalue weighted by Gasteiger charge is -2.32. The highest BCUT2D eigenvalue weighted by molar-refractivity contribution is 9.10. The van der Waals surface area contributed by atoms with Crippen molar-refractivity contribution in [3.63, 3.8) is 0 Å². The third-order valence-electron chi connectivity index (χ3n) is 13.8. The molecular weight excluding hydrogens is 905 g/mol. The third kappa shape index (κ3) is 14.6. The van der Waals surface area contributed by atoms with Gasteiger partial charge in [0.1, 0.15) is 4.60 Å². The summed E-state index contributed by atoms with van der Waals surface area (Å²) in [6, 6.07) is 26.2. The molecule has 1 saturated heterocycles. The highest BCUT2D eigenvalue weighted by atomic mass is 79.9. The van der Waals surface area contributed by atoms with Crippen LogP contribution in [0.15, 0.2) is 95.0 Å². The largest absolute Gasteiger partial charge is 0.490 e. The minimum absolute atomic E-state index is 0.0873. The van der Waals surface area contributed by atoms with E-state index in [-0.39, 0.29) is 47.0 Å². The Balaban J connectivity index is 0.000000197. The normalized spacial score (nSPS) is 17.9. The molecule has 2 N–H and O–H groups in total. The van der Waals surface area contributed by atoms with Crippen molar-refractivity contribution in [1.82, 2.24) is 19.6 Å². The van der Waals surface area contributed by atoms with Gasteiger partial charge in [0.25, 0.3) is 0 Å². The predicted octanol–water partition coefficient (Wildman–Crippen LogP) is 13.0. The second-order valence-corrected chi connectivity index (χ2v) is 25.0. The summed E-state index contributed by atoms with van der Waals surface area (Å²) in [5, 5.41) is 19.3. The fraction of sp³-hybridized carbons (Fsp3) is 0.536. The average Bonchev–Trinajstić information content (AvgIpc) is 3.48. The summed E-state index contributed by atoms with van der Waals surface area (Å²) in [6.45, 7) is 42.3. The van der Waals surface area contributed by atoms with Crippen LogP contribution in [-0.2, 0) is 31.0 Å². The van der Waals surface area contributed by atoms with Crippen molar-refractivity contribution in [2.75, 3.05) is 26.2 Å². The van der Waals surface area contributed by atoms with Crippen LogP contribution in [0.4, 0.5) is 0 Å². The van der Waals surface area contributed by atoms with Crippen molar-refractivity contribution in [3.8, 4) is 22.5 Å². The molecule has 68 heavy (non-hydrogen) atoms. The van der Waals surface area contributed by atoms with Gasteiger partial charge in [-0.05, 0) is 187 Å². The quantitative estimate of drug-likeness (QED) is 0.146. The Morgan fingerprint density at radius 3 is 1.29 bits per heavy atom. The van der Waals surface area contributed by atoms with E-state index in [9.17, 15) is 10.0 Å². The van der Waals surface area contributed by atoms with Crippen molar-refractivity contribution in [2.45, 2.75) is 170 Å². The van der Waals surface area contributed by atoms with Crippen molar-refractivity contribution in [2.24, 2.45) is 0 Å². The standard InChI is InChI=1S/C25H35BN2O.C19H24BrN.C12H23B2NO3/c1-24(2,3)20-15-19(16-21(17-20)25(4,5)6)23-10-8-9-22(27-23)18-11-13-28(14-12-18)26(7)29;1-18(2,3)14-10-13(11-15(12-14)19(4,5)6)16-8-7-9-17(20)21-16;1-11(2)12(3,4)18-14(17-11)10-6-8-15(9-7-10)13(5)16/h8-11,15-17,29H,12-14H2,1-7H3;7-12H,1-6H3;6,16H,7-9H2,1-5H3. The average molecular weight is 988 g/mol. The Morgan fingerprint density at radius 1 is 0.559 bits per heavy atom. The first kappa shape index (κ1) is 55.6. The van der Waals surface area contributed by atoms with Crippen LogP contribution in [-0.4, -0.2) is 88.2 Å². The maximum absolute atomic E-state index is 9.79. The van der Waals surface area contributed by atoms with Gasteiger partial charge in [-0.3, -0.25) is 0 Å². The first-order valence-corrected chi connectivity index (χ1v) is 25.6. The van der Waals surface area contributed by atoms with Crippen LogP contribution in [0.2, 0.25) is 13.6 Å². The molecule has 0 amide bonds. The highest BCUT2D eigenvalue weighted by Gasteiger charge is 2.52. The minimum Gasteiger partial charge on any atom is -0.437 e. The number of hydrogen-bond donors (Lipinski definition) is 2.